The smallest absolute Gasteiger partial charge is 0.279 e. The molecule has 1 atom stereocenters. The average molecular weight is 399 g/mol. The molecule has 0 unspecified atom stereocenters. The number of ether oxygens (including phenoxy) is 1. The first-order valence-electron chi connectivity index (χ1n) is 9.32. The molecule has 3 rings (SSSR count). The van der Waals surface area contributed by atoms with Gasteiger partial charge in [0.05, 0.1) is 0 Å². The molecule has 1 fully saturated rings. The second kappa shape index (κ2) is 9.18. The van der Waals surface area contributed by atoms with Gasteiger partial charge in [-0.05, 0) is 43.2 Å². The van der Waals surface area contributed by atoms with E-state index >= 15 is 0 Å². The van der Waals surface area contributed by atoms with Crippen LogP contribution in [0.5, 0.6) is 5.75 Å². The van der Waals surface area contributed by atoms with E-state index in [1.54, 1.807) is 29.2 Å². The van der Waals surface area contributed by atoms with E-state index in [1.165, 1.54) is 25.1 Å². The number of hydrogen-bond acceptors (Lipinski definition) is 4. The van der Waals surface area contributed by atoms with E-state index in [-0.39, 0.29) is 11.7 Å². The molecule has 1 aliphatic rings. The van der Waals surface area contributed by atoms with Crippen LogP contribution in [0.15, 0.2) is 48.5 Å². The minimum atomic E-state index is -1.01. The van der Waals surface area contributed by atoms with Crippen LogP contribution < -0.4 is 15.6 Å². The molecule has 8 heteroatoms. The van der Waals surface area contributed by atoms with Gasteiger partial charge in [0, 0.05) is 25.1 Å². The fourth-order valence-corrected chi connectivity index (χ4v) is 2.98. The number of nitrogens with zero attached hydrogens (tertiary/aromatic N) is 1. The van der Waals surface area contributed by atoms with Crippen molar-refractivity contribution in [1.82, 2.24) is 15.8 Å². The molecule has 1 heterocycles. The van der Waals surface area contributed by atoms with Crippen molar-refractivity contribution in [2.45, 2.75) is 32.4 Å². The summed E-state index contributed by atoms with van der Waals surface area (Å²) in [7, 11) is 0. The molecule has 2 aromatic carbocycles. The van der Waals surface area contributed by atoms with E-state index in [2.05, 4.69) is 10.9 Å². The summed E-state index contributed by atoms with van der Waals surface area (Å²) in [4.78, 5) is 37.9. The number of halogens is 1. The van der Waals surface area contributed by atoms with E-state index < -0.39 is 23.7 Å². The Bertz CT molecular complexity index is 918. The fraction of sp³-hybridized carbons (Fsp3) is 0.286. The van der Waals surface area contributed by atoms with E-state index in [0.29, 0.717) is 25.1 Å². The summed E-state index contributed by atoms with van der Waals surface area (Å²) < 4.78 is 18.9. The predicted molar refractivity (Wildman–Crippen MR) is 103 cm³/mol. The summed E-state index contributed by atoms with van der Waals surface area (Å²) >= 11 is 0. The molecule has 152 valence electrons. The zero-order valence-corrected chi connectivity index (χ0v) is 16.0. The molecule has 2 aromatic rings. The number of hydrogen-bond donors (Lipinski definition) is 2. The molecule has 1 aliphatic heterocycles. The molecule has 0 aliphatic carbocycles. The van der Waals surface area contributed by atoms with Crippen LogP contribution in [-0.4, -0.2) is 35.3 Å². The van der Waals surface area contributed by atoms with Gasteiger partial charge >= 0.3 is 0 Å². The minimum Gasteiger partial charge on any atom is -0.478 e. The topological polar surface area (TPSA) is 87.7 Å². The van der Waals surface area contributed by atoms with E-state index in [9.17, 15) is 18.8 Å². The molecule has 0 spiro atoms. The lowest BCUT2D eigenvalue weighted by Crippen LogP contribution is -2.47. The largest absolute Gasteiger partial charge is 0.478 e. The molecule has 1 saturated heterocycles. The van der Waals surface area contributed by atoms with Crippen molar-refractivity contribution >= 4 is 17.7 Å². The van der Waals surface area contributed by atoms with Crippen molar-refractivity contribution < 1.29 is 23.5 Å². The standard InChI is InChI=1S/C21H22FN3O4/c1-14(29-18-9-3-2-8-17(18)22)20(27)23-24-21(28)16-7-4-6-15(12-16)13-25-11-5-10-19(25)26/h2-4,6-9,12,14H,5,10-11,13H2,1H3,(H,23,27)(H,24,28)/t14-/m1/s1. The number of carbonyl (C=O) groups excluding carboxylic acids is 3. The van der Waals surface area contributed by atoms with Gasteiger partial charge in [0.25, 0.3) is 11.8 Å². The van der Waals surface area contributed by atoms with Gasteiger partial charge in [0.15, 0.2) is 17.7 Å². The Morgan fingerprint density at radius 1 is 1.17 bits per heavy atom. The van der Waals surface area contributed by atoms with Crippen molar-refractivity contribution in [1.29, 1.82) is 0 Å². The van der Waals surface area contributed by atoms with E-state index in [1.807, 2.05) is 6.07 Å². The number of para-hydroxylation sites is 1. The number of likely N-dealkylation sites (tertiary alicyclic amines) is 1. The number of nitrogens with one attached hydrogen (secondary N) is 2. The van der Waals surface area contributed by atoms with Crippen LogP contribution in [0.1, 0.15) is 35.7 Å². The Morgan fingerprint density at radius 3 is 2.69 bits per heavy atom. The Kier molecular flexibility index (Phi) is 6.43. The summed E-state index contributed by atoms with van der Waals surface area (Å²) in [6.45, 7) is 2.60. The maximum Gasteiger partial charge on any atom is 0.279 e. The Morgan fingerprint density at radius 2 is 1.97 bits per heavy atom. The van der Waals surface area contributed by atoms with Crippen molar-refractivity contribution in [3.05, 3.63) is 65.5 Å². The van der Waals surface area contributed by atoms with Gasteiger partial charge in [-0.3, -0.25) is 25.2 Å². The molecule has 0 saturated carbocycles. The third-order valence-electron chi connectivity index (χ3n) is 4.54. The quantitative estimate of drug-likeness (QED) is 0.729. The Labute approximate surface area is 167 Å². The number of rotatable bonds is 6. The zero-order chi connectivity index (χ0) is 20.8. The highest BCUT2D eigenvalue weighted by molar-refractivity contribution is 5.96. The summed E-state index contributed by atoms with van der Waals surface area (Å²) in [5, 5.41) is 0. The molecule has 7 nitrogen and oxygen atoms in total. The third-order valence-corrected chi connectivity index (χ3v) is 4.54. The fourth-order valence-electron chi connectivity index (χ4n) is 2.98. The van der Waals surface area contributed by atoms with Gasteiger partial charge in [0.1, 0.15) is 0 Å². The summed E-state index contributed by atoms with van der Waals surface area (Å²) in [6, 6.07) is 12.6. The van der Waals surface area contributed by atoms with Crippen LogP contribution in [0.4, 0.5) is 4.39 Å². The van der Waals surface area contributed by atoms with Crippen molar-refractivity contribution in [3.63, 3.8) is 0 Å². The second-order valence-corrected chi connectivity index (χ2v) is 6.75. The zero-order valence-electron chi connectivity index (χ0n) is 16.0. The SMILES string of the molecule is C[C@@H](Oc1ccccc1F)C(=O)NNC(=O)c1cccc(CN2CCCC2=O)c1. The lowest BCUT2D eigenvalue weighted by molar-refractivity contribution is -0.128. The van der Waals surface area contributed by atoms with E-state index in [4.69, 9.17) is 4.74 Å². The molecule has 2 N–H and O–H groups in total. The number of carbonyl (C=O) groups is 3. The van der Waals surface area contributed by atoms with Gasteiger partial charge in [-0.1, -0.05) is 24.3 Å². The molecule has 29 heavy (non-hydrogen) atoms. The third kappa shape index (κ3) is 5.31. The first kappa shape index (κ1) is 20.3. The predicted octanol–water partition coefficient (Wildman–Crippen LogP) is 2.18. The minimum absolute atomic E-state index is 0.0503. The summed E-state index contributed by atoms with van der Waals surface area (Å²) in [5.74, 6) is -1.66. The highest BCUT2D eigenvalue weighted by atomic mass is 19.1. The molecule has 0 radical (unpaired) electrons. The van der Waals surface area contributed by atoms with Gasteiger partial charge in [-0.15, -0.1) is 0 Å². The van der Waals surface area contributed by atoms with Crippen LogP contribution >= 0.6 is 0 Å². The van der Waals surface area contributed by atoms with Crippen LogP contribution in [-0.2, 0) is 16.1 Å². The second-order valence-electron chi connectivity index (χ2n) is 6.75. The molecule has 0 bridgehead atoms. The van der Waals surface area contributed by atoms with Gasteiger partial charge in [0.2, 0.25) is 5.91 Å². The highest BCUT2D eigenvalue weighted by Gasteiger charge is 2.21. The summed E-state index contributed by atoms with van der Waals surface area (Å²) in [6.07, 6.45) is 0.386. The van der Waals surface area contributed by atoms with Gasteiger partial charge in [-0.2, -0.15) is 0 Å². The average Bonchev–Trinajstić information content (AvgIpc) is 3.12. The van der Waals surface area contributed by atoms with E-state index in [0.717, 1.165) is 12.0 Å². The molecule has 0 aromatic heterocycles. The van der Waals surface area contributed by atoms with Crippen molar-refractivity contribution in [2.75, 3.05) is 6.54 Å². The van der Waals surface area contributed by atoms with Crippen molar-refractivity contribution in [3.8, 4) is 5.75 Å². The van der Waals surface area contributed by atoms with Crippen LogP contribution in [0.3, 0.4) is 0 Å². The lowest BCUT2D eigenvalue weighted by Gasteiger charge is -2.17. The van der Waals surface area contributed by atoms with Crippen LogP contribution in [0.2, 0.25) is 0 Å². The van der Waals surface area contributed by atoms with Crippen LogP contribution in [0.25, 0.3) is 0 Å². The maximum atomic E-state index is 13.6. The van der Waals surface area contributed by atoms with Crippen LogP contribution in [0, 0.1) is 5.82 Å². The first-order chi connectivity index (χ1) is 13.9. The molecule has 3 amide bonds. The number of amides is 3. The highest BCUT2D eigenvalue weighted by Crippen LogP contribution is 2.17. The Hall–Kier alpha value is -3.42. The molecular formula is C21H22FN3O4. The number of benzene rings is 2. The van der Waals surface area contributed by atoms with Gasteiger partial charge in [-0.25, -0.2) is 4.39 Å². The number of hydrazine groups is 1. The lowest BCUT2D eigenvalue weighted by atomic mass is 10.1. The first-order valence-corrected chi connectivity index (χ1v) is 9.32. The molecular weight excluding hydrogens is 377 g/mol. The summed E-state index contributed by atoms with van der Waals surface area (Å²) in [5.41, 5.74) is 5.76. The maximum absolute atomic E-state index is 13.6. The van der Waals surface area contributed by atoms with Crippen molar-refractivity contribution in [2.24, 2.45) is 0 Å². The van der Waals surface area contributed by atoms with Gasteiger partial charge < -0.3 is 9.64 Å². The normalized spacial score (nSPS) is 14.4. The monoisotopic (exact) mass is 399 g/mol. The Balaban J connectivity index is 1.53.